The molecule has 2 aromatic carbocycles. The fourth-order valence-electron chi connectivity index (χ4n) is 3.53. The minimum atomic E-state index is -3.39. The van der Waals surface area contributed by atoms with Crippen LogP contribution in [-0.2, 0) is 14.6 Å². The fraction of sp³-hybridized carbons (Fsp3) is 0.250. The van der Waals surface area contributed by atoms with Crippen LogP contribution in [0, 0.1) is 0 Å². The molecule has 8 nitrogen and oxygen atoms in total. The van der Waals surface area contributed by atoms with Gasteiger partial charge in [0.2, 0.25) is 0 Å². The summed E-state index contributed by atoms with van der Waals surface area (Å²) in [5.74, 6) is -0.297. The monoisotopic (exact) mass is 562 g/mol. The molecule has 4 rings (SSSR count). The third-order valence-electron chi connectivity index (χ3n) is 5.25. The molecule has 0 amide bonds. The average molecular weight is 563 g/mol. The van der Waals surface area contributed by atoms with Crippen LogP contribution in [0.4, 0.5) is 0 Å². The van der Waals surface area contributed by atoms with Crippen LogP contribution in [0.1, 0.15) is 35.8 Å². The summed E-state index contributed by atoms with van der Waals surface area (Å²) in [4.78, 5) is 12.9. The third-order valence-corrected chi connectivity index (χ3v) is 8.05. The summed E-state index contributed by atoms with van der Waals surface area (Å²) < 4.78 is 30.9. The van der Waals surface area contributed by atoms with Crippen molar-refractivity contribution >= 4 is 50.5 Å². The summed E-state index contributed by atoms with van der Waals surface area (Å²) in [6.07, 6.45) is 2.97. The minimum absolute atomic E-state index is 0.0184. The summed E-state index contributed by atoms with van der Waals surface area (Å²) in [5.41, 5.74) is 2.75. The van der Waals surface area contributed by atoms with Crippen molar-refractivity contribution in [1.82, 2.24) is 20.0 Å². The first kappa shape index (κ1) is 26.3. The molecule has 2 aromatic heterocycles. The molecular weight excluding hydrogens is 540 g/mol. The summed E-state index contributed by atoms with van der Waals surface area (Å²) in [5, 5.41) is 14.2. The Morgan fingerprint density at radius 3 is 2.56 bits per heavy atom. The number of para-hydroxylation sites is 1. The van der Waals surface area contributed by atoms with Crippen molar-refractivity contribution in [2.75, 3.05) is 18.5 Å². The molecule has 0 fully saturated rings. The van der Waals surface area contributed by atoms with Gasteiger partial charge in [0, 0.05) is 11.8 Å². The van der Waals surface area contributed by atoms with E-state index >= 15 is 0 Å². The molecule has 0 N–H and O–H groups in total. The quantitative estimate of drug-likeness (QED) is 0.198. The number of hydrogen-bond donors (Lipinski definition) is 0. The van der Waals surface area contributed by atoms with Crippen LogP contribution in [0.5, 0.6) is 0 Å². The summed E-state index contributed by atoms with van der Waals surface area (Å²) in [7, 11) is -3.39. The lowest BCUT2D eigenvalue weighted by molar-refractivity contribution is 0.0572. The van der Waals surface area contributed by atoms with E-state index in [0.717, 1.165) is 17.5 Å². The number of nitrogens with zero attached hydrogens (tertiary/aromatic N) is 4. The van der Waals surface area contributed by atoms with Gasteiger partial charge in [0.05, 0.1) is 10.6 Å². The maximum Gasteiger partial charge on any atom is 0.361 e. The van der Waals surface area contributed by atoms with Crippen LogP contribution in [0.2, 0.25) is 5.02 Å². The van der Waals surface area contributed by atoms with Crippen molar-refractivity contribution in [3.63, 3.8) is 0 Å². The third kappa shape index (κ3) is 5.34. The molecule has 0 bridgehead atoms. The molecule has 4 aromatic rings. The first-order valence-corrected chi connectivity index (χ1v) is 15.3. The molecule has 12 heteroatoms. The number of carbonyl (C=O) groups excluding carboxylic acids is 1. The number of rotatable bonds is 8. The van der Waals surface area contributed by atoms with E-state index in [1.165, 1.54) is 29.2 Å². The lowest BCUT2D eigenvalue weighted by Crippen LogP contribution is -2.08. The van der Waals surface area contributed by atoms with Crippen LogP contribution in [0.15, 0.2) is 53.4 Å². The number of thioether (sulfide) groups is 1. The molecule has 0 unspecified atom stereocenters. The number of halogens is 1. The summed E-state index contributed by atoms with van der Waals surface area (Å²) >= 11 is 9.31. The van der Waals surface area contributed by atoms with Crippen LogP contribution < -0.4 is 0 Å². The van der Waals surface area contributed by atoms with Gasteiger partial charge in [0.15, 0.2) is 20.5 Å². The molecule has 0 aliphatic carbocycles. The number of esters is 1. The van der Waals surface area contributed by atoms with Crippen molar-refractivity contribution in [3.05, 3.63) is 64.8 Å². The SMILES string of the molecule is CSCOC(=O)c1nn(-c2ccccc2C(C)C)c(-c2nnc(-c3cccc(S(C)(=O)=O)c3)s2)c1Cl. The molecule has 36 heavy (non-hydrogen) atoms. The highest BCUT2D eigenvalue weighted by molar-refractivity contribution is 7.98. The van der Waals surface area contributed by atoms with E-state index in [-0.39, 0.29) is 27.5 Å². The van der Waals surface area contributed by atoms with Crippen molar-refractivity contribution in [1.29, 1.82) is 0 Å². The van der Waals surface area contributed by atoms with Gasteiger partial charge in [-0.2, -0.15) is 5.10 Å². The van der Waals surface area contributed by atoms with E-state index in [0.29, 0.717) is 21.3 Å². The number of sulfone groups is 1. The van der Waals surface area contributed by atoms with Crippen molar-refractivity contribution in [2.24, 2.45) is 0 Å². The fourth-order valence-corrected chi connectivity index (χ4v) is 5.64. The van der Waals surface area contributed by atoms with Gasteiger partial charge in [-0.25, -0.2) is 17.9 Å². The molecule has 0 saturated carbocycles. The Hall–Kier alpha value is -2.73. The predicted molar refractivity (Wildman–Crippen MR) is 144 cm³/mol. The van der Waals surface area contributed by atoms with Gasteiger partial charge in [-0.05, 0) is 35.9 Å². The van der Waals surface area contributed by atoms with Crippen LogP contribution in [0.3, 0.4) is 0 Å². The number of carbonyl (C=O) groups is 1. The van der Waals surface area contributed by atoms with Crippen molar-refractivity contribution < 1.29 is 17.9 Å². The molecule has 0 aliphatic heterocycles. The zero-order valence-electron chi connectivity index (χ0n) is 19.9. The Kier molecular flexibility index (Phi) is 7.84. The lowest BCUT2D eigenvalue weighted by Gasteiger charge is -2.14. The van der Waals surface area contributed by atoms with E-state index in [1.54, 1.807) is 22.9 Å². The van der Waals surface area contributed by atoms with Gasteiger partial charge in [0.1, 0.15) is 21.7 Å². The predicted octanol–water partition coefficient (Wildman–Crippen LogP) is 5.72. The standard InChI is InChI=1S/C24H23ClN4O4S3/c1-14(2)17-10-5-6-11-18(17)29-21(19(25)20(28-29)24(30)33-13-34-3)23-27-26-22(35-23)15-8-7-9-16(12-15)36(4,31)32/h5-12,14H,13H2,1-4H3. The molecular formula is C24H23ClN4O4S3. The van der Waals surface area contributed by atoms with Gasteiger partial charge in [-0.1, -0.05) is 67.1 Å². The topological polar surface area (TPSA) is 104 Å². The zero-order chi connectivity index (χ0) is 26.0. The van der Waals surface area contributed by atoms with E-state index in [1.807, 2.05) is 30.5 Å². The smallest absolute Gasteiger partial charge is 0.361 e. The number of hydrogen-bond acceptors (Lipinski definition) is 9. The second kappa shape index (κ2) is 10.7. The van der Waals surface area contributed by atoms with Gasteiger partial charge >= 0.3 is 5.97 Å². The molecule has 0 radical (unpaired) electrons. The Morgan fingerprint density at radius 2 is 1.86 bits per heavy atom. The zero-order valence-corrected chi connectivity index (χ0v) is 23.1. The highest BCUT2D eigenvalue weighted by Crippen LogP contribution is 2.39. The van der Waals surface area contributed by atoms with Gasteiger partial charge < -0.3 is 4.74 Å². The van der Waals surface area contributed by atoms with E-state index in [9.17, 15) is 13.2 Å². The van der Waals surface area contributed by atoms with Gasteiger partial charge in [0.25, 0.3) is 0 Å². The Labute approximate surface area is 222 Å². The van der Waals surface area contributed by atoms with Crippen molar-refractivity contribution in [3.8, 4) is 27.0 Å². The second-order valence-corrected chi connectivity index (χ2v) is 12.4. The first-order chi connectivity index (χ1) is 17.1. The molecule has 188 valence electrons. The van der Waals surface area contributed by atoms with Crippen LogP contribution in [-0.4, -0.2) is 52.8 Å². The van der Waals surface area contributed by atoms with Crippen molar-refractivity contribution in [2.45, 2.75) is 24.7 Å². The summed E-state index contributed by atoms with van der Waals surface area (Å²) in [6, 6.07) is 14.2. The summed E-state index contributed by atoms with van der Waals surface area (Å²) in [6.45, 7) is 4.13. The molecule has 0 atom stereocenters. The molecule has 0 spiro atoms. The number of benzene rings is 2. The van der Waals surface area contributed by atoms with E-state index in [2.05, 4.69) is 29.1 Å². The number of ether oxygens (including phenoxy) is 1. The van der Waals surface area contributed by atoms with Crippen LogP contribution >= 0.6 is 34.7 Å². The largest absolute Gasteiger partial charge is 0.450 e. The maximum atomic E-state index is 12.7. The Morgan fingerprint density at radius 1 is 1.14 bits per heavy atom. The van der Waals surface area contributed by atoms with E-state index < -0.39 is 15.8 Å². The second-order valence-electron chi connectivity index (χ2n) is 8.19. The Balaban J connectivity index is 1.88. The molecule has 0 saturated heterocycles. The minimum Gasteiger partial charge on any atom is -0.450 e. The molecule has 0 aliphatic rings. The van der Waals surface area contributed by atoms with Gasteiger partial charge in [-0.3, -0.25) is 0 Å². The van der Waals surface area contributed by atoms with E-state index in [4.69, 9.17) is 16.3 Å². The average Bonchev–Trinajstić information content (AvgIpc) is 3.46. The maximum absolute atomic E-state index is 12.7. The lowest BCUT2D eigenvalue weighted by atomic mass is 10.0. The van der Waals surface area contributed by atoms with Gasteiger partial charge in [-0.15, -0.1) is 22.0 Å². The normalized spacial score (nSPS) is 11.7. The Bertz CT molecular complexity index is 1530. The van der Waals surface area contributed by atoms with Crippen LogP contribution in [0.25, 0.3) is 27.0 Å². The molecule has 2 heterocycles. The highest BCUT2D eigenvalue weighted by atomic mass is 35.5. The first-order valence-electron chi connectivity index (χ1n) is 10.8. The highest BCUT2D eigenvalue weighted by Gasteiger charge is 2.28. The number of aromatic nitrogens is 4.